The molecule has 0 amide bonds. The zero-order valence-electron chi connectivity index (χ0n) is 10.6. The largest absolute Gasteiger partial charge is 0.329 e. The van der Waals surface area contributed by atoms with Crippen molar-refractivity contribution < 1.29 is 4.92 Å². The summed E-state index contributed by atoms with van der Waals surface area (Å²) in [5.41, 5.74) is 0.354. The number of rotatable bonds is 3. The molecule has 0 spiro atoms. The highest BCUT2D eigenvalue weighted by molar-refractivity contribution is 6.32. The minimum Gasteiger partial charge on any atom is -0.259 e. The third-order valence-corrected chi connectivity index (χ3v) is 3.86. The van der Waals surface area contributed by atoms with E-state index in [9.17, 15) is 10.1 Å². The molecule has 0 unspecified atom stereocenters. The predicted octanol–water partition coefficient (Wildman–Crippen LogP) is 2.88. The molecule has 1 aliphatic carbocycles. The molecule has 2 aromatic heterocycles. The van der Waals surface area contributed by atoms with Crippen molar-refractivity contribution in [1.82, 2.24) is 19.7 Å². The normalized spacial score (nSPS) is 15.7. The fourth-order valence-corrected chi connectivity index (χ4v) is 2.89. The van der Waals surface area contributed by atoms with Gasteiger partial charge in [-0.25, -0.2) is 4.98 Å². The Morgan fingerprint density at radius 2 is 2.10 bits per heavy atom. The molecule has 2 heterocycles. The summed E-state index contributed by atoms with van der Waals surface area (Å²) < 4.78 is 1.29. The third kappa shape index (κ3) is 2.14. The van der Waals surface area contributed by atoms with Crippen LogP contribution in [0.3, 0.4) is 0 Å². The third-order valence-electron chi connectivity index (χ3n) is 3.52. The second-order valence-corrected chi connectivity index (χ2v) is 5.10. The Morgan fingerprint density at radius 1 is 1.35 bits per heavy atom. The Bertz CT molecular complexity index is 637. The maximum atomic E-state index is 11.3. The van der Waals surface area contributed by atoms with Gasteiger partial charge in [-0.1, -0.05) is 24.4 Å². The van der Waals surface area contributed by atoms with Gasteiger partial charge in [-0.3, -0.25) is 15.1 Å². The Morgan fingerprint density at radius 3 is 2.70 bits per heavy atom. The van der Waals surface area contributed by atoms with E-state index in [2.05, 4.69) is 15.1 Å². The molecule has 20 heavy (non-hydrogen) atoms. The van der Waals surface area contributed by atoms with Crippen molar-refractivity contribution in [2.75, 3.05) is 0 Å². The summed E-state index contributed by atoms with van der Waals surface area (Å²) in [7, 11) is 0. The topological polar surface area (TPSA) is 86.7 Å². The smallest absolute Gasteiger partial charge is 0.259 e. The van der Waals surface area contributed by atoms with Gasteiger partial charge >= 0.3 is 5.69 Å². The van der Waals surface area contributed by atoms with Crippen LogP contribution in [-0.4, -0.2) is 24.7 Å². The summed E-state index contributed by atoms with van der Waals surface area (Å²) in [4.78, 5) is 18.8. The summed E-state index contributed by atoms with van der Waals surface area (Å²) in [6, 6.07) is 0. The van der Waals surface area contributed by atoms with E-state index in [1.165, 1.54) is 23.3 Å². The van der Waals surface area contributed by atoms with Gasteiger partial charge in [0, 0.05) is 18.3 Å². The lowest BCUT2D eigenvalue weighted by molar-refractivity contribution is -0.385. The molecule has 0 radical (unpaired) electrons. The first-order valence-corrected chi connectivity index (χ1v) is 6.75. The molecule has 0 aromatic carbocycles. The lowest BCUT2D eigenvalue weighted by Gasteiger charge is -2.03. The molecule has 7 nitrogen and oxygen atoms in total. The van der Waals surface area contributed by atoms with Crippen LogP contribution in [0.4, 0.5) is 5.69 Å². The Labute approximate surface area is 119 Å². The number of hydrogen-bond donors (Lipinski definition) is 0. The summed E-state index contributed by atoms with van der Waals surface area (Å²) in [6.45, 7) is 0. The fraction of sp³-hybridized carbons (Fsp3) is 0.417. The summed E-state index contributed by atoms with van der Waals surface area (Å²) in [5, 5.41) is 15.6. The van der Waals surface area contributed by atoms with Crippen LogP contribution in [0, 0.1) is 10.1 Å². The van der Waals surface area contributed by atoms with E-state index in [0.717, 1.165) is 25.7 Å². The first-order valence-electron chi connectivity index (χ1n) is 6.37. The van der Waals surface area contributed by atoms with Gasteiger partial charge in [-0.05, 0) is 12.8 Å². The van der Waals surface area contributed by atoms with Crippen molar-refractivity contribution in [3.8, 4) is 5.82 Å². The molecular weight excluding hydrogens is 282 g/mol. The highest BCUT2D eigenvalue weighted by Crippen LogP contribution is 2.41. The van der Waals surface area contributed by atoms with Gasteiger partial charge in [0.2, 0.25) is 5.15 Å². The average Bonchev–Trinajstić information content (AvgIpc) is 3.06. The first kappa shape index (κ1) is 13.0. The lowest BCUT2D eigenvalue weighted by atomic mass is 10.0. The van der Waals surface area contributed by atoms with Gasteiger partial charge in [0.15, 0.2) is 5.82 Å². The molecule has 104 valence electrons. The highest BCUT2D eigenvalue weighted by Gasteiger charge is 2.33. The number of nitrogens with zero attached hydrogens (tertiary/aromatic N) is 5. The van der Waals surface area contributed by atoms with Crippen molar-refractivity contribution in [3.63, 3.8) is 0 Å². The quantitative estimate of drug-likeness (QED) is 0.641. The Hall–Kier alpha value is -2.02. The average molecular weight is 294 g/mol. The lowest BCUT2D eigenvalue weighted by Crippen LogP contribution is -2.02. The molecule has 0 atom stereocenters. The van der Waals surface area contributed by atoms with Crippen LogP contribution in [-0.2, 0) is 0 Å². The van der Waals surface area contributed by atoms with Gasteiger partial charge in [0.25, 0.3) is 0 Å². The molecular formula is C12H12ClN5O2. The van der Waals surface area contributed by atoms with Crippen LogP contribution in [0.5, 0.6) is 0 Å². The highest BCUT2D eigenvalue weighted by atomic mass is 35.5. The summed E-state index contributed by atoms with van der Waals surface area (Å²) >= 11 is 6.13. The molecule has 0 N–H and O–H groups in total. The second kappa shape index (κ2) is 5.16. The van der Waals surface area contributed by atoms with E-state index in [1.54, 1.807) is 0 Å². The van der Waals surface area contributed by atoms with E-state index in [-0.39, 0.29) is 16.8 Å². The Kier molecular flexibility index (Phi) is 3.35. The summed E-state index contributed by atoms with van der Waals surface area (Å²) in [6.07, 6.45) is 8.45. The van der Waals surface area contributed by atoms with E-state index in [0.29, 0.717) is 11.5 Å². The second-order valence-electron chi connectivity index (χ2n) is 4.74. The minimum atomic E-state index is -0.462. The zero-order chi connectivity index (χ0) is 14.1. The number of nitro groups is 1. The van der Waals surface area contributed by atoms with Crippen LogP contribution < -0.4 is 0 Å². The van der Waals surface area contributed by atoms with Gasteiger partial charge in [0.05, 0.1) is 11.1 Å². The van der Waals surface area contributed by atoms with Crippen molar-refractivity contribution in [2.24, 2.45) is 0 Å². The van der Waals surface area contributed by atoms with Gasteiger partial charge in [-0.2, -0.15) is 9.78 Å². The fourth-order valence-electron chi connectivity index (χ4n) is 2.60. The van der Waals surface area contributed by atoms with E-state index in [4.69, 9.17) is 11.6 Å². The molecule has 0 aliphatic heterocycles. The molecule has 8 heteroatoms. The van der Waals surface area contributed by atoms with Crippen LogP contribution in [0.1, 0.15) is 37.3 Å². The number of halogens is 1. The van der Waals surface area contributed by atoms with Crippen molar-refractivity contribution in [3.05, 3.63) is 39.6 Å². The van der Waals surface area contributed by atoms with Crippen LogP contribution in [0.2, 0.25) is 5.15 Å². The van der Waals surface area contributed by atoms with Gasteiger partial charge in [-0.15, -0.1) is 0 Å². The molecule has 1 saturated carbocycles. The standard InChI is InChI=1S/C12H12ClN5O2/c13-12-11(18(19)20)10(8-3-1-2-4-8)16-17(12)9-7-14-5-6-15-9/h5-8H,1-4H2. The van der Waals surface area contributed by atoms with Crippen molar-refractivity contribution >= 4 is 17.3 Å². The van der Waals surface area contributed by atoms with Crippen LogP contribution in [0.15, 0.2) is 18.6 Å². The summed E-state index contributed by atoms with van der Waals surface area (Å²) in [5.74, 6) is 0.482. The van der Waals surface area contributed by atoms with Crippen molar-refractivity contribution in [1.29, 1.82) is 0 Å². The van der Waals surface area contributed by atoms with E-state index in [1.807, 2.05) is 0 Å². The Balaban J connectivity index is 2.13. The number of hydrogen-bond acceptors (Lipinski definition) is 5. The monoisotopic (exact) mass is 293 g/mol. The van der Waals surface area contributed by atoms with Crippen LogP contribution >= 0.6 is 11.6 Å². The van der Waals surface area contributed by atoms with Crippen LogP contribution in [0.25, 0.3) is 5.82 Å². The molecule has 2 aromatic rings. The predicted molar refractivity (Wildman–Crippen MR) is 72.0 cm³/mol. The molecule has 0 bridgehead atoms. The minimum absolute atomic E-state index is 0.0163. The van der Waals surface area contributed by atoms with E-state index >= 15 is 0 Å². The maximum absolute atomic E-state index is 11.3. The van der Waals surface area contributed by atoms with Crippen molar-refractivity contribution in [2.45, 2.75) is 31.6 Å². The van der Waals surface area contributed by atoms with E-state index < -0.39 is 4.92 Å². The maximum Gasteiger partial charge on any atom is 0.329 e. The van der Waals surface area contributed by atoms with Gasteiger partial charge in [0.1, 0.15) is 5.69 Å². The molecule has 1 aliphatic rings. The molecule has 0 saturated heterocycles. The SMILES string of the molecule is O=[N+]([O-])c1c(C2CCCC2)nn(-c2cnccn2)c1Cl. The number of aromatic nitrogens is 4. The molecule has 3 rings (SSSR count). The zero-order valence-corrected chi connectivity index (χ0v) is 11.3. The first-order chi connectivity index (χ1) is 9.68. The van der Waals surface area contributed by atoms with Gasteiger partial charge < -0.3 is 0 Å². The molecule has 1 fully saturated rings.